The topological polar surface area (TPSA) is 36.3 Å². The molecule has 1 rings (SSSR count). The Morgan fingerprint density at radius 2 is 2.05 bits per heavy atom. The molecule has 112 valence electrons. The maximum atomic E-state index is 13.6. The molecule has 21 heavy (non-hydrogen) atoms. The molecule has 0 unspecified atom stereocenters. The quantitative estimate of drug-likeness (QED) is 0.765. The average molecular weight is 288 g/mol. The average Bonchev–Trinajstić information content (AvgIpc) is 2.40. The van der Waals surface area contributed by atoms with Crippen LogP contribution >= 0.6 is 0 Å². The number of methoxy groups -OCH3 is 1. The summed E-state index contributed by atoms with van der Waals surface area (Å²) in [5, 5.41) is 8.96. The summed E-state index contributed by atoms with van der Waals surface area (Å²) in [6, 6.07) is 6.74. The van der Waals surface area contributed by atoms with Crippen LogP contribution in [0.25, 0.3) is 0 Å². The van der Waals surface area contributed by atoms with E-state index in [0.29, 0.717) is 12.1 Å². The lowest BCUT2D eigenvalue weighted by atomic mass is 9.85. The third-order valence-corrected chi connectivity index (χ3v) is 3.35. The Morgan fingerprint density at radius 3 is 2.52 bits per heavy atom. The predicted octanol–water partition coefficient (Wildman–Crippen LogP) is 4.63. The van der Waals surface area contributed by atoms with Crippen molar-refractivity contribution in [2.24, 2.45) is 5.41 Å². The molecule has 0 aromatic heterocycles. The van der Waals surface area contributed by atoms with Gasteiger partial charge in [-0.2, -0.15) is 5.26 Å². The lowest BCUT2D eigenvalue weighted by molar-refractivity contribution is 0.386. The van der Waals surface area contributed by atoms with E-state index in [-0.39, 0.29) is 5.75 Å². The van der Waals surface area contributed by atoms with Crippen LogP contribution in [0.1, 0.15) is 27.2 Å². The second-order valence-corrected chi connectivity index (χ2v) is 5.56. The lowest BCUT2D eigenvalue weighted by Crippen LogP contribution is -2.29. The summed E-state index contributed by atoms with van der Waals surface area (Å²) in [5.41, 5.74) is 1.75. The fourth-order valence-electron chi connectivity index (χ4n) is 2.00. The van der Waals surface area contributed by atoms with Gasteiger partial charge in [0.15, 0.2) is 11.6 Å². The molecule has 4 heteroatoms. The number of hydrogen-bond acceptors (Lipinski definition) is 3. The summed E-state index contributed by atoms with van der Waals surface area (Å²) in [5.74, 6) is -0.269. The summed E-state index contributed by atoms with van der Waals surface area (Å²) in [4.78, 5) is 1.82. The zero-order chi connectivity index (χ0) is 16.2. The number of nitrogens with zero attached hydrogens (tertiary/aromatic N) is 2. The highest BCUT2D eigenvalue weighted by molar-refractivity contribution is 5.60. The molecule has 0 radical (unpaired) electrons. The molecule has 0 aliphatic carbocycles. The van der Waals surface area contributed by atoms with Crippen molar-refractivity contribution >= 4 is 5.69 Å². The molecule has 0 bridgehead atoms. The van der Waals surface area contributed by atoms with Gasteiger partial charge >= 0.3 is 0 Å². The van der Waals surface area contributed by atoms with E-state index in [2.05, 4.69) is 19.2 Å². The van der Waals surface area contributed by atoms with E-state index in [1.54, 1.807) is 12.1 Å². The van der Waals surface area contributed by atoms with Crippen molar-refractivity contribution in [2.45, 2.75) is 27.2 Å². The van der Waals surface area contributed by atoms with Crippen LogP contribution in [-0.4, -0.2) is 7.11 Å². The molecule has 1 aromatic carbocycles. The standard InChI is InChI=1S/C17H21FN2O/c1-12(2)20(13(3)17(4,5)9-10-19)14-7-8-15(18)16(11-14)21-6/h7-8,11H,1,3,9H2,2,4-6H3. The molecule has 3 nitrogen and oxygen atoms in total. The number of ether oxygens (including phenoxy) is 1. The first kappa shape index (κ1) is 16.8. The minimum atomic E-state index is -0.426. The first-order chi connectivity index (χ1) is 9.74. The highest BCUT2D eigenvalue weighted by Gasteiger charge is 2.28. The third kappa shape index (κ3) is 3.63. The minimum Gasteiger partial charge on any atom is -0.494 e. The molecule has 0 heterocycles. The fraction of sp³-hybridized carbons (Fsp3) is 0.353. The third-order valence-electron chi connectivity index (χ3n) is 3.35. The van der Waals surface area contributed by atoms with Gasteiger partial charge < -0.3 is 9.64 Å². The molecule has 0 saturated heterocycles. The first-order valence-electron chi connectivity index (χ1n) is 6.60. The summed E-state index contributed by atoms with van der Waals surface area (Å²) in [7, 11) is 1.42. The summed E-state index contributed by atoms with van der Waals surface area (Å²) in [6.07, 6.45) is 0.327. The van der Waals surface area contributed by atoms with Crippen LogP contribution in [0.15, 0.2) is 42.8 Å². The van der Waals surface area contributed by atoms with E-state index >= 15 is 0 Å². The van der Waals surface area contributed by atoms with Gasteiger partial charge in [-0.15, -0.1) is 0 Å². The largest absolute Gasteiger partial charge is 0.494 e. The van der Waals surface area contributed by atoms with Crippen molar-refractivity contribution in [3.05, 3.63) is 48.6 Å². The zero-order valence-corrected chi connectivity index (χ0v) is 13.0. The van der Waals surface area contributed by atoms with E-state index in [9.17, 15) is 4.39 Å². The van der Waals surface area contributed by atoms with Gasteiger partial charge in [-0.25, -0.2) is 4.39 Å². The van der Waals surface area contributed by atoms with Crippen molar-refractivity contribution < 1.29 is 9.13 Å². The van der Waals surface area contributed by atoms with Gasteiger partial charge in [0.05, 0.1) is 13.2 Å². The first-order valence-corrected chi connectivity index (χ1v) is 6.60. The second-order valence-electron chi connectivity index (χ2n) is 5.56. The van der Waals surface area contributed by atoms with Gasteiger partial charge in [0.1, 0.15) is 0 Å². The number of benzene rings is 1. The Hall–Kier alpha value is -2.28. The molecule has 0 spiro atoms. The zero-order valence-electron chi connectivity index (χ0n) is 13.0. The van der Waals surface area contributed by atoms with Crippen LogP contribution in [0.2, 0.25) is 0 Å². The molecule has 0 aliphatic heterocycles. The lowest BCUT2D eigenvalue weighted by Gasteiger charge is -2.36. The van der Waals surface area contributed by atoms with Gasteiger partial charge in [0.2, 0.25) is 0 Å². The fourth-order valence-corrected chi connectivity index (χ4v) is 2.00. The van der Waals surface area contributed by atoms with Crippen LogP contribution in [0.5, 0.6) is 5.75 Å². The van der Waals surface area contributed by atoms with Gasteiger partial charge in [0.25, 0.3) is 0 Å². The molecule has 0 aliphatic rings. The van der Waals surface area contributed by atoms with Gasteiger partial charge in [-0.1, -0.05) is 27.0 Å². The van der Waals surface area contributed by atoms with Crippen LogP contribution in [0.4, 0.5) is 10.1 Å². The SMILES string of the molecule is C=C(C)N(C(=C)C(C)(C)CC#N)c1ccc(F)c(OC)c1. The summed E-state index contributed by atoms with van der Waals surface area (Å²) < 4.78 is 18.6. The van der Waals surface area contributed by atoms with Gasteiger partial charge in [0, 0.05) is 35.0 Å². The predicted molar refractivity (Wildman–Crippen MR) is 83.4 cm³/mol. The minimum absolute atomic E-state index is 0.157. The van der Waals surface area contributed by atoms with E-state index in [1.807, 2.05) is 25.7 Å². The van der Waals surface area contributed by atoms with E-state index in [4.69, 9.17) is 10.00 Å². The van der Waals surface area contributed by atoms with E-state index < -0.39 is 11.2 Å². The van der Waals surface area contributed by atoms with Gasteiger partial charge in [-0.3, -0.25) is 0 Å². The normalized spacial score (nSPS) is 10.7. The Morgan fingerprint density at radius 1 is 1.43 bits per heavy atom. The van der Waals surface area contributed by atoms with Crippen molar-refractivity contribution in [3.63, 3.8) is 0 Å². The Kier molecular flexibility index (Phi) is 5.15. The van der Waals surface area contributed by atoms with Crippen LogP contribution in [0.3, 0.4) is 0 Å². The maximum absolute atomic E-state index is 13.6. The number of anilines is 1. The second kappa shape index (κ2) is 6.45. The smallest absolute Gasteiger partial charge is 0.165 e. The molecule has 0 amide bonds. The number of rotatable bonds is 6. The number of halogens is 1. The number of hydrogen-bond donors (Lipinski definition) is 0. The molecular weight excluding hydrogens is 267 g/mol. The number of nitriles is 1. The molecule has 1 aromatic rings. The van der Waals surface area contributed by atoms with E-state index in [0.717, 1.165) is 11.4 Å². The van der Waals surface area contributed by atoms with Gasteiger partial charge in [-0.05, 0) is 19.1 Å². The van der Waals surface area contributed by atoms with Crippen LogP contribution in [0, 0.1) is 22.6 Å². The Bertz CT molecular complexity index is 599. The molecule has 0 fully saturated rings. The molecule has 0 saturated carbocycles. The highest BCUT2D eigenvalue weighted by Crippen LogP contribution is 2.37. The van der Waals surface area contributed by atoms with Crippen molar-refractivity contribution in [2.75, 3.05) is 12.0 Å². The maximum Gasteiger partial charge on any atom is 0.165 e. The molecule has 0 N–H and O–H groups in total. The summed E-state index contributed by atoms with van der Waals surface area (Å²) >= 11 is 0. The van der Waals surface area contributed by atoms with Crippen LogP contribution in [-0.2, 0) is 0 Å². The van der Waals surface area contributed by atoms with E-state index in [1.165, 1.54) is 13.2 Å². The molecule has 0 atom stereocenters. The summed E-state index contributed by atoms with van der Waals surface area (Å²) in [6.45, 7) is 13.8. The monoisotopic (exact) mass is 288 g/mol. The Balaban J connectivity index is 3.29. The highest BCUT2D eigenvalue weighted by atomic mass is 19.1. The number of allylic oxidation sites excluding steroid dienone is 2. The Labute approximate surface area is 125 Å². The van der Waals surface area contributed by atoms with Crippen molar-refractivity contribution in [1.82, 2.24) is 0 Å². The molecular formula is C17H21FN2O. The van der Waals surface area contributed by atoms with Crippen molar-refractivity contribution in [3.8, 4) is 11.8 Å². The van der Waals surface area contributed by atoms with Crippen LogP contribution < -0.4 is 9.64 Å². The van der Waals surface area contributed by atoms with Crippen molar-refractivity contribution in [1.29, 1.82) is 5.26 Å².